The third-order valence-corrected chi connectivity index (χ3v) is 3.73. The van der Waals surface area contributed by atoms with E-state index in [-0.39, 0.29) is 5.56 Å². The van der Waals surface area contributed by atoms with Gasteiger partial charge in [-0.05, 0) is 36.4 Å². The van der Waals surface area contributed by atoms with Gasteiger partial charge in [0.1, 0.15) is 11.6 Å². The van der Waals surface area contributed by atoms with Crippen molar-refractivity contribution in [2.75, 3.05) is 5.32 Å². The van der Waals surface area contributed by atoms with Crippen molar-refractivity contribution >= 4 is 22.2 Å². The number of thiazole rings is 1. The molecule has 0 aliphatic heterocycles. The molecule has 0 spiro atoms. The zero-order valence-corrected chi connectivity index (χ0v) is 12.0. The fourth-order valence-corrected chi connectivity index (χ4v) is 2.63. The van der Waals surface area contributed by atoms with Crippen LogP contribution in [0.25, 0.3) is 11.3 Å². The molecule has 0 amide bonds. The second-order valence-electron chi connectivity index (χ2n) is 4.48. The number of aromatic nitrogens is 1. The largest absolute Gasteiger partial charge is 0.332 e. The molecular formula is C16H9F2N3S. The van der Waals surface area contributed by atoms with Crippen molar-refractivity contribution in [1.82, 2.24) is 4.98 Å². The summed E-state index contributed by atoms with van der Waals surface area (Å²) in [6.07, 6.45) is 0. The van der Waals surface area contributed by atoms with E-state index in [0.29, 0.717) is 16.4 Å². The lowest BCUT2D eigenvalue weighted by molar-refractivity contribution is 0.585. The predicted octanol–water partition coefficient (Wildman–Crippen LogP) is 4.70. The second kappa shape index (κ2) is 5.92. The van der Waals surface area contributed by atoms with Gasteiger partial charge >= 0.3 is 0 Å². The Bertz CT molecular complexity index is 851. The van der Waals surface area contributed by atoms with Crippen molar-refractivity contribution in [3.05, 3.63) is 65.0 Å². The van der Waals surface area contributed by atoms with Crippen molar-refractivity contribution < 1.29 is 8.78 Å². The molecule has 3 aromatic rings. The van der Waals surface area contributed by atoms with Crippen molar-refractivity contribution in [1.29, 1.82) is 5.26 Å². The van der Waals surface area contributed by atoms with Crippen LogP contribution in [0.3, 0.4) is 0 Å². The van der Waals surface area contributed by atoms with Crippen LogP contribution < -0.4 is 5.32 Å². The zero-order chi connectivity index (χ0) is 15.5. The number of rotatable bonds is 3. The number of hydrogen-bond donors (Lipinski definition) is 1. The van der Waals surface area contributed by atoms with Crippen molar-refractivity contribution in [3.8, 4) is 17.3 Å². The summed E-state index contributed by atoms with van der Waals surface area (Å²) in [5.74, 6) is -1.26. The highest BCUT2D eigenvalue weighted by atomic mass is 32.1. The van der Waals surface area contributed by atoms with Crippen LogP contribution >= 0.6 is 11.3 Å². The van der Waals surface area contributed by atoms with Crippen LogP contribution in [0, 0.1) is 23.0 Å². The van der Waals surface area contributed by atoms with Gasteiger partial charge in [-0.25, -0.2) is 13.8 Å². The van der Waals surface area contributed by atoms with Gasteiger partial charge in [0.25, 0.3) is 0 Å². The Hall–Kier alpha value is -2.78. The van der Waals surface area contributed by atoms with Crippen LogP contribution in [0.5, 0.6) is 0 Å². The number of nitrogens with one attached hydrogen (secondary N) is 1. The molecule has 108 valence electrons. The first-order chi connectivity index (χ1) is 10.7. The Kier molecular flexibility index (Phi) is 3.81. The molecule has 0 atom stereocenters. The minimum Gasteiger partial charge on any atom is -0.332 e. The van der Waals surface area contributed by atoms with Gasteiger partial charge in [0.05, 0.1) is 17.3 Å². The van der Waals surface area contributed by atoms with E-state index in [1.54, 1.807) is 29.6 Å². The molecule has 3 rings (SSSR count). The van der Waals surface area contributed by atoms with Gasteiger partial charge in [0.2, 0.25) is 0 Å². The molecule has 1 heterocycles. The maximum atomic E-state index is 13.7. The van der Waals surface area contributed by atoms with Gasteiger partial charge in [-0.15, -0.1) is 11.3 Å². The maximum Gasteiger partial charge on any atom is 0.187 e. The van der Waals surface area contributed by atoms with E-state index in [0.717, 1.165) is 11.8 Å². The lowest BCUT2D eigenvalue weighted by Gasteiger charge is -2.02. The van der Waals surface area contributed by atoms with E-state index in [1.165, 1.54) is 23.5 Å². The SMILES string of the molecule is N#Cc1ccc(Nc2nc(-c3ccc(F)cc3F)cs2)cc1. The molecule has 0 aliphatic rings. The molecule has 0 radical (unpaired) electrons. The molecule has 0 fully saturated rings. The molecular weight excluding hydrogens is 304 g/mol. The molecule has 0 aliphatic carbocycles. The molecule has 6 heteroatoms. The van der Waals surface area contributed by atoms with E-state index >= 15 is 0 Å². The third-order valence-electron chi connectivity index (χ3n) is 2.98. The van der Waals surface area contributed by atoms with Crippen LogP contribution in [0.1, 0.15) is 5.56 Å². The number of anilines is 2. The van der Waals surface area contributed by atoms with Crippen LogP contribution in [0.15, 0.2) is 47.8 Å². The number of nitriles is 1. The van der Waals surface area contributed by atoms with Gasteiger partial charge < -0.3 is 5.32 Å². The minimum absolute atomic E-state index is 0.255. The number of hydrogen-bond acceptors (Lipinski definition) is 4. The number of nitrogens with zero attached hydrogens (tertiary/aromatic N) is 2. The molecule has 1 N–H and O–H groups in total. The summed E-state index contributed by atoms with van der Waals surface area (Å²) in [6.45, 7) is 0. The average molecular weight is 313 g/mol. The molecule has 0 unspecified atom stereocenters. The van der Waals surface area contributed by atoms with Crippen LogP contribution in [-0.2, 0) is 0 Å². The summed E-state index contributed by atoms with van der Waals surface area (Å²) in [5, 5.41) is 14.1. The topological polar surface area (TPSA) is 48.7 Å². The summed E-state index contributed by atoms with van der Waals surface area (Å²) in [7, 11) is 0. The quantitative estimate of drug-likeness (QED) is 0.762. The van der Waals surface area contributed by atoms with E-state index in [1.807, 2.05) is 6.07 Å². The number of benzene rings is 2. The fourth-order valence-electron chi connectivity index (χ4n) is 1.90. The van der Waals surface area contributed by atoms with Gasteiger partial charge in [-0.1, -0.05) is 0 Å². The first kappa shape index (κ1) is 14.2. The molecule has 0 bridgehead atoms. The fraction of sp³-hybridized carbons (Fsp3) is 0. The van der Waals surface area contributed by atoms with Gasteiger partial charge in [-0.2, -0.15) is 5.26 Å². The maximum absolute atomic E-state index is 13.7. The summed E-state index contributed by atoms with van der Waals surface area (Å²) in [5.41, 5.74) is 2.04. The summed E-state index contributed by atoms with van der Waals surface area (Å²) >= 11 is 1.31. The smallest absolute Gasteiger partial charge is 0.187 e. The average Bonchev–Trinajstić information content (AvgIpc) is 2.96. The lowest BCUT2D eigenvalue weighted by Crippen LogP contribution is -1.91. The Balaban J connectivity index is 1.82. The van der Waals surface area contributed by atoms with Gasteiger partial charge in [-0.3, -0.25) is 0 Å². The van der Waals surface area contributed by atoms with Gasteiger partial charge in [0.15, 0.2) is 5.13 Å². The first-order valence-electron chi connectivity index (χ1n) is 6.34. The molecule has 3 nitrogen and oxygen atoms in total. The summed E-state index contributed by atoms with van der Waals surface area (Å²) < 4.78 is 26.7. The van der Waals surface area contributed by atoms with E-state index in [4.69, 9.17) is 5.26 Å². The predicted molar refractivity (Wildman–Crippen MR) is 81.9 cm³/mol. The second-order valence-corrected chi connectivity index (χ2v) is 5.33. The van der Waals surface area contributed by atoms with Crippen molar-refractivity contribution in [2.24, 2.45) is 0 Å². The monoisotopic (exact) mass is 313 g/mol. The lowest BCUT2D eigenvalue weighted by atomic mass is 10.1. The van der Waals surface area contributed by atoms with E-state index in [2.05, 4.69) is 10.3 Å². The van der Waals surface area contributed by atoms with Crippen LogP contribution in [0.4, 0.5) is 19.6 Å². The molecule has 1 aromatic heterocycles. The third kappa shape index (κ3) is 2.95. The zero-order valence-electron chi connectivity index (χ0n) is 11.2. The Morgan fingerprint density at radius 1 is 1.09 bits per heavy atom. The highest BCUT2D eigenvalue weighted by Gasteiger charge is 2.10. The summed E-state index contributed by atoms with van der Waals surface area (Å²) in [4.78, 5) is 4.29. The highest BCUT2D eigenvalue weighted by molar-refractivity contribution is 7.14. The minimum atomic E-state index is -0.643. The molecule has 22 heavy (non-hydrogen) atoms. The molecule has 0 saturated heterocycles. The number of halogens is 2. The van der Waals surface area contributed by atoms with Gasteiger partial charge in [0, 0.05) is 22.7 Å². The Morgan fingerprint density at radius 3 is 2.55 bits per heavy atom. The van der Waals surface area contributed by atoms with Crippen molar-refractivity contribution in [2.45, 2.75) is 0 Å². The Labute approximate surface area is 129 Å². The molecule has 0 saturated carbocycles. The van der Waals surface area contributed by atoms with Crippen molar-refractivity contribution in [3.63, 3.8) is 0 Å². The highest BCUT2D eigenvalue weighted by Crippen LogP contribution is 2.29. The van der Waals surface area contributed by atoms with E-state index in [9.17, 15) is 8.78 Å². The van der Waals surface area contributed by atoms with Crippen LogP contribution in [0.2, 0.25) is 0 Å². The standard InChI is InChI=1S/C16H9F2N3S/c17-11-3-6-13(14(18)7-11)15-9-22-16(21-15)20-12-4-1-10(8-19)2-5-12/h1-7,9H,(H,20,21). The van der Waals surface area contributed by atoms with E-state index < -0.39 is 11.6 Å². The first-order valence-corrected chi connectivity index (χ1v) is 7.22. The Morgan fingerprint density at radius 2 is 1.86 bits per heavy atom. The summed E-state index contributed by atoms with van der Waals surface area (Å²) in [6, 6.07) is 12.3. The normalized spacial score (nSPS) is 10.2. The van der Waals surface area contributed by atoms with Crippen LogP contribution in [-0.4, -0.2) is 4.98 Å². The molecule has 2 aromatic carbocycles.